The number of hydrogen-bond acceptors (Lipinski definition) is 1. The van der Waals surface area contributed by atoms with Crippen molar-refractivity contribution in [3.8, 4) is 0 Å². The topological polar surface area (TPSA) is 28.7 Å². The van der Waals surface area contributed by atoms with Crippen LogP contribution in [0.5, 0.6) is 0 Å². The minimum Gasteiger partial charge on any atom is -0.345 e. The van der Waals surface area contributed by atoms with Crippen LogP contribution in [0.4, 0.5) is 4.39 Å². The maximum absolute atomic E-state index is 13.7. The third-order valence-electron chi connectivity index (χ3n) is 2.64. The van der Waals surface area contributed by atoms with Crippen molar-refractivity contribution in [2.24, 2.45) is 5.92 Å². The molecule has 1 N–H and O–H groups in total. The summed E-state index contributed by atoms with van der Waals surface area (Å²) < 4.78 is 13.7. The number of aryl methyl sites for hydroxylation is 1. The van der Waals surface area contributed by atoms with Crippen LogP contribution in [0, 0.1) is 12.8 Å². The molecule has 1 atom stereocenters. The van der Waals surface area contributed by atoms with Gasteiger partial charge in [0, 0.05) is 12.1 Å². The molecule has 1 aliphatic rings. The second kappa shape index (κ2) is 3.23. The number of alkyl halides is 1. The molecule has 0 saturated carbocycles. The largest absolute Gasteiger partial charge is 0.345 e. The van der Waals surface area contributed by atoms with Gasteiger partial charge in [-0.05, 0) is 24.5 Å². The first kappa shape index (κ1) is 9.44. The van der Waals surface area contributed by atoms with Gasteiger partial charge in [0.1, 0.15) is 12.0 Å². The molecule has 76 valence electrons. The van der Waals surface area contributed by atoms with Gasteiger partial charge in [-0.1, -0.05) is 13.8 Å². The smallest absolute Gasteiger partial charge is 0.127 e. The Bertz CT molecular complexity index is 377. The number of imidazole rings is 1. The lowest BCUT2D eigenvalue weighted by atomic mass is 9.90. The monoisotopic (exact) mass is 194 g/mol. The summed E-state index contributed by atoms with van der Waals surface area (Å²) in [5.41, 5.74) is 2.71. The SMILES string of the molecule is Cc1nc2c([nH]1)CC(F)C(C(C)C)=C2. The van der Waals surface area contributed by atoms with E-state index in [1.807, 2.05) is 26.8 Å². The van der Waals surface area contributed by atoms with Crippen LogP contribution in [0.25, 0.3) is 6.08 Å². The number of allylic oxidation sites excluding steroid dienone is 1. The van der Waals surface area contributed by atoms with E-state index in [0.717, 1.165) is 22.8 Å². The fourth-order valence-corrected chi connectivity index (χ4v) is 1.91. The summed E-state index contributed by atoms with van der Waals surface area (Å²) in [5.74, 6) is 1.12. The quantitative estimate of drug-likeness (QED) is 0.731. The standard InChI is InChI=1S/C11H15FN2/c1-6(2)8-4-10-11(5-9(8)12)14-7(3)13-10/h4,6,9H,5H2,1-3H3,(H,13,14). The number of halogens is 1. The van der Waals surface area contributed by atoms with Crippen LogP contribution >= 0.6 is 0 Å². The van der Waals surface area contributed by atoms with Crippen LogP contribution in [-0.4, -0.2) is 16.1 Å². The van der Waals surface area contributed by atoms with E-state index in [9.17, 15) is 4.39 Å². The molecule has 2 nitrogen and oxygen atoms in total. The van der Waals surface area contributed by atoms with Crippen LogP contribution in [0.3, 0.4) is 0 Å². The molecule has 0 spiro atoms. The molecule has 0 radical (unpaired) electrons. The highest BCUT2D eigenvalue weighted by molar-refractivity contribution is 5.56. The zero-order valence-corrected chi connectivity index (χ0v) is 8.76. The molecule has 1 aliphatic carbocycles. The third-order valence-corrected chi connectivity index (χ3v) is 2.64. The van der Waals surface area contributed by atoms with Gasteiger partial charge >= 0.3 is 0 Å². The first-order chi connectivity index (χ1) is 6.58. The second-order valence-corrected chi connectivity index (χ2v) is 4.16. The summed E-state index contributed by atoms with van der Waals surface area (Å²) in [7, 11) is 0. The van der Waals surface area contributed by atoms with Gasteiger partial charge in [0.15, 0.2) is 0 Å². The molecule has 1 heterocycles. The van der Waals surface area contributed by atoms with E-state index in [1.165, 1.54) is 0 Å². The van der Waals surface area contributed by atoms with Crippen molar-refractivity contribution < 1.29 is 4.39 Å². The van der Waals surface area contributed by atoms with Crippen LogP contribution in [0.15, 0.2) is 5.57 Å². The molecule has 0 saturated heterocycles. The van der Waals surface area contributed by atoms with Crippen molar-refractivity contribution in [3.63, 3.8) is 0 Å². The van der Waals surface area contributed by atoms with Crippen LogP contribution in [0.1, 0.15) is 31.1 Å². The first-order valence-electron chi connectivity index (χ1n) is 4.99. The predicted molar refractivity (Wildman–Crippen MR) is 54.7 cm³/mol. The van der Waals surface area contributed by atoms with Crippen molar-refractivity contribution >= 4 is 6.08 Å². The number of hydrogen-bond donors (Lipinski definition) is 1. The number of aromatic nitrogens is 2. The lowest BCUT2D eigenvalue weighted by Crippen LogP contribution is -2.17. The Hall–Kier alpha value is -1.12. The van der Waals surface area contributed by atoms with Crippen molar-refractivity contribution in [2.75, 3.05) is 0 Å². The summed E-state index contributed by atoms with van der Waals surface area (Å²) in [6.45, 7) is 5.93. The van der Waals surface area contributed by atoms with E-state index in [4.69, 9.17) is 0 Å². The Morgan fingerprint density at radius 3 is 2.93 bits per heavy atom. The molecule has 2 rings (SSSR count). The van der Waals surface area contributed by atoms with Gasteiger partial charge in [0.05, 0.1) is 5.69 Å². The highest BCUT2D eigenvalue weighted by Crippen LogP contribution is 2.29. The minimum absolute atomic E-state index is 0.259. The maximum Gasteiger partial charge on any atom is 0.127 e. The molecule has 0 amide bonds. The number of aromatic amines is 1. The molecule has 1 unspecified atom stereocenters. The van der Waals surface area contributed by atoms with Gasteiger partial charge in [-0.25, -0.2) is 9.37 Å². The number of nitrogens with one attached hydrogen (secondary N) is 1. The highest BCUT2D eigenvalue weighted by Gasteiger charge is 2.24. The number of rotatable bonds is 1. The Balaban J connectivity index is 2.43. The summed E-state index contributed by atoms with van der Waals surface area (Å²) in [6, 6.07) is 0. The van der Waals surface area contributed by atoms with Gasteiger partial charge in [0.25, 0.3) is 0 Å². The van der Waals surface area contributed by atoms with Gasteiger partial charge in [-0.15, -0.1) is 0 Å². The molecule has 3 heteroatoms. The van der Waals surface area contributed by atoms with E-state index in [1.54, 1.807) is 0 Å². The number of fused-ring (bicyclic) bond motifs is 1. The van der Waals surface area contributed by atoms with Gasteiger partial charge in [-0.2, -0.15) is 0 Å². The van der Waals surface area contributed by atoms with E-state index in [-0.39, 0.29) is 5.92 Å². The van der Waals surface area contributed by atoms with Gasteiger partial charge in [-0.3, -0.25) is 0 Å². The molecule has 0 aromatic carbocycles. The van der Waals surface area contributed by atoms with Crippen molar-refractivity contribution in [2.45, 2.75) is 33.4 Å². The lowest BCUT2D eigenvalue weighted by Gasteiger charge is -2.19. The van der Waals surface area contributed by atoms with E-state index >= 15 is 0 Å². The van der Waals surface area contributed by atoms with Gasteiger partial charge < -0.3 is 4.98 Å². The van der Waals surface area contributed by atoms with Crippen LogP contribution in [0.2, 0.25) is 0 Å². The molecule has 1 aromatic heterocycles. The zero-order chi connectivity index (χ0) is 10.3. The average molecular weight is 194 g/mol. The molecular formula is C11H15FN2. The van der Waals surface area contributed by atoms with E-state index in [0.29, 0.717) is 6.42 Å². The van der Waals surface area contributed by atoms with Crippen molar-refractivity contribution in [1.82, 2.24) is 9.97 Å². The molecule has 0 aliphatic heterocycles. The first-order valence-corrected chi connectivity index (χ1v) is 4.99. The van der Waals surface area contributed by atoms with Gasteiger partial charge in [0.2, 0.25) is 0 Å². The molecular weight excluding hydrogens is 179 g/mol. The lowest BCUT2D eigenvalue weighted by molar-refractivity contribution is 0.354. The Morgan fingerprint density at radius 2 is 2.29 bits per heavy atom. The maximum atomic E-state index is 13.7. The predicted octanol–water partition coefficient (Wildman–Crippen LogP) is 2.65. The average Bonchev–Trinajstić information content (AvgIpc) is 2.42. The summed E-state index contributed by atoms with van der Waals surface area (Å²) in [4.78, 5) is 7.41. The molecule has 0 bridgehead atoms. The fraction of sp³-hybridized carbons (Fsp3) is 0.545. The highest BCUT2D eigenvalue weighted by atomic mass is 19.1. The van der Waals surface area contributed by atoms with E-state index < -0.39 is 6.17 Å². The summed E-state index contributed by atoms with van der Waals surface area (Å²) in [6.07, 6.45) is 1.49. The molecule has 14 heavy (non-hydrogen) atoms. The molecule has 1 aromatic rings. The van der Waals surface area contributed by atoms with E-state index in [2.05, 4.69) is 9.97 Å². The normalized spacial score (nSPS) is 20.9. The Morgan fingerprint density at radius 1 is 1.57 bits per heavy atom. The summed E-state index contributed by atoms with van der Waals surface area (Å²) >= 11 is 0. The zero-order valence-electron chi connectivity index (χ0n) is 8.76. The van der Waals surface area contributed by atoms with Crippen LogP contribution in [-0.2, 0) is 6.42 Å². The second-order valence-electron chi connectivity index (χ2n) is 4.16. The third kappa shape index (κ3) is 1.47. The minimum atomic E-state index is -0.845. The molecule has 0 fully saturated rings. The number of H-pyrrole nitrogens is 1. The summed E-state index contributed by atoms with van der Waals surface area (Å²) in [5, 5.41) is 0. The Kier molecular flexibility index (Phi) is 2.17. The Labute approximate surface area is 83.2 Å². The van der Waals surface area contributed by atoms with Crippen molar-refractivity contribution in [1.29, 1.82) is 0 Å². The van der Waals surface area contributed by atoms with Crippen LogP contribution < -0.4 is 0 Å². The van der Waals surface area contributed by atoms with Crippen molar-refractivity contribution in [3.05, 3.63) is 22.8 Å². The number of nitrogens with zero attached hydrogens (tertiary/aromatic N) is 1. The fourth-order valence-electron chi connectivity index (χ4n) is 1.91.